The second-order valence-electron chi connectivity index (χ2n) is 6.41. The van der Waals surface area contributed by atoms with Crippen molar-refractivity contribution in [3.05, 3.63) is 76.5 Å². The highest BCUT2D eigenvalue weighted by Gasteiger charge is 2.11. The number of aromatic nitrogens is 1. The zero-order valence-electron chi connectivity index (χ0n) is 15.8. The minimum Gasteiger partial charge on any atom is -0.491 e. The third kappa shape index (κ3) is 7.14. The maximum atomic E-state index is 10.6. The number of para-hydroxylation sites is 1. The molecule has 29 heavy (non-hydrogen) atoms. The minimum absolute atomic E-state index is 0. The van der Waals surface area contributed by atoms with E-state index in [0.717, 1.165) is 16.6 Å². The Morgan fingerprint density at radius 2 is 1.79 bits per heavy atom. The van der Waals surface area contributed by atoms with Crippen molar-refractivity contribution in [1.29, 1.82) is 0 Å². The van der Waals surface area contributed by atoms with Crippen LogP contribution in [-0.4, -0.2) is 46.2 Å². The standard InChI is InChI=1S/C20H21N3O4.2ClH/c1-22(12-16-7-6-15-4-2-3-5-20(15)21-16)13-18(24)14-27-19-10-8-17(9-11-19)23(25)26;;/h2-11,18,24H,12-14H2,1H3;2*1H. The van der Waals surface area contributed by atoms with E-state index < -0.39 is 11.0 Å². The third-order valence-corrected chi connectivity index (χ3v) is 4.10. The average molecular weight is 440 g/mol. The van der Waals surface area contributed by atoms with Crippen molar-refractivity contribution in [1.82, 2.24) is 9.88 Å². The average Bonchev–Trinajstić information content (AvgIpc) is 2.66. The van der Waals surface area contributed by atoms with Gasteiger partial charge in [-0.15, -0.1) is 24.8 Å². The normalized spacial score (nSPS) is 11.4. The third-order valence-electron chi connectivity index (χ3n) is 4.10. The quantitative estimate of drug-likeness (QED) is 0.423. The Morgan fingerprint density at radius 1 is 1.10 bits per heavy atom. The number of nitrogens with zero attached hydrogens (tertiary/aromatic N) is 3. The lowest BCUT2D eigenvalue weighted by Gasteiger charge is -2.20. The number of benzene rings is 2. The highest BCUT2D eigenvalue weighted by molar-refractivity contribution is 5.85. The van der Waals surface area contributed by atoms with Crippen molar-refractivity contribution in [3.63, 3.8) is 0 Å². The largest absolute Gasteiger partial charge is 0.491 e. The molecule has 1 unspecified atom stereocenters. The zero-order chi connectivity index (χ0) is 19.2. The summed E-state index contributed by atoms with van der Waals surface area (Å²) in [5.74, 6) is 0.485. The number of aliphatic hydroxyl groups is 1. The summed E-state index contributed by atoms with van der Waals surface area (Å²) in [6.45, 7) is 1.13. The van der Waals surface area contributed by atoms with Crippen molar-refractivity contribution < 1.29 is 14.8 Å². The molecule has 3 aromatic rings. The van der Waals surface area contributed by atoms with E-state index >= 15 is 0 Å². The summed E-state index contributed by atoms with van der Waals surface area (Å²) in [5.41, 5.74) is 1.88. The minimum atomic E-state index is -0.689. The topological polar surface area (TPSA) is 88.7 Å². The van der Waals surface area contributed by atoms with E-state index in [1.807, 2.05) is 48.3 Å². The van der Waals surface area contributed by atoms with E-state index in [4.69, 9.17) is 4.74 Å². The van der Waals surface area contributed by atoms with Gasteiger partial charge in [0.1, 0.15) is 18.5 Å². The van der Waals surface area contributed by atoms with E-state index in [9.17, 15) is 15.2 Å². The number of nitro benzene ring substituents is 1. The number of hydrogen-bond acceptors (Lipinski definition) is 6. The predicted molar refractivity (Wildman–Crippen MR) is 117 cm³/mol. The van der Waals surface area contributed by atoms with Crippen LogP contribution in [0.5, 0.6) is 5.75 Å². The van der Waals surface area contributed by atoms with Gasteiger partial charge in [-0.3, -0.25) is 20.0 Å². The van der Waals surface area contributed by atoms with Crippen molar-refractivity contribution in [3.8, 4) is 5.75 Å². The molecule has 0 amide bonds. The van der Waals surface area contributed by atoms with Crippen LogP contribution in [0.15, 0.2) is 60.7 Å². The number of aliphatic hydroxyl groups excluding tert-OH is 1. The molecule has 0 bridgehead atoms. The van der Waals surface area contributed by atoms with Gasteiger partial charge in [-0.1, -0.05) is 24.3 Å². The molecule has 0 aliphatic carbocycles. The van der Waals surface area contributed by atoms with Crippen LogP contribution in [0.3, 0.4) is 0 Å². The van der Waals surface area contributed by atoms with Crippen LogP contribution in [0.25, 0.3) is 10.9 Å². The monoisotopic (exact) mass is 439 g/mol. The maximum absolute atomic E-state index is 10.6. The second kappa shape index (κ2) is 11.5. The number of pyridine rings is 1. The van der Waals surface area contributed by atoms with Crippen LogP contribution in [0, 0.1) is 10.1 Å². The zero-order valence-corrected chi connectivity index (χ0v) is 17.4. The molecule has 0 fully saturated rings. The molecule has 9 heteroatoms. The van der Waals surface area contributed by atoms with Crippen molar-refractivity contribution in [2.45, 2.75) is 12.6 Å². The highest BCUT2D eigenvalue weighted by Crippen LogP contribution is 2.17. The van der Waals surface area contributed by atoms with Gasteiger partial charge >= 0.3 is 0 Å². The number of ether oxygens (including phenoxy) is 1. The smallest absolute Gasteiger partial charge is 0.269 e. The molecule has 0 saturated heterocycles. The van der Waals surface area contributed by atoms with E-state index in [0.29, 0.717) is 18.8 Å². The Morgan fingerprint density at radius 3 is 2.48 bits per heavy atom. The second-order valence-corrected chi connectivity index (χ2v) is 6.41. The molecule has 1 atom stereocenters. The van der Waals surface area contributed by atoms with Gasteiger partial charge in [0.15, 0.2) is 0 Å². The van der Waals surface area contributed by atoms with Gasteiger partial charge < -0.3 is 9.84 Å². The van der Waals surface area contributed by atoms with Gasteiger partial charge in [0.25, 0.3) is 5.69 Å². The molecule has 7 nitrogen and oxygen atoms in total. The molecule has 0 radical (unpaired) electrons. The first-order chi connectivity index (χ1) is 13.0. The van der Waals surface area contributed by atoms with Crippen LogP contribution in [-0.2, 0) is 6.54 Å². The van der Waals surface area contributed by atoms with Gasteiger partial charge in [0.2, 0.25) is 0 Å². The van der Waals surface area contributed by atoms with Crippen LogP contribution in [0.4, 0.5) is 5.69 Å². The van der Waals surface area contributed by atoms with Gasteiger partial charge in [-0.05, 0) is 31.3 Å². The molecular weight excluding hydrogens is 417 g/mol. The fourth-order valence-corrected chi connectivity index (χ4v) is 2.81. The van der Waals surface area contributed by atoms with E-state index in [1.54, 1.807) is 0 Å². The summed E-state index contributed by atoms with van der Waals surface area (Å²) in [6.07, 6.45) is -0.689. The lowest BCUT2D eigenvalue weighted by atomic mass is 10.2. The molecule has 1 N–H and O–H groups in total. The van der Waals surface area contributed by atoms with Gasteiger partial charge in [0, 0.05) is 30.6 Å². The lowest BCUT2D eigenvalue weighted by molar-refractivity contribution is -0.384. The SMILES string of the molecule is CN(Cc1ccc2ccccc2n1)CC(O)COc1ccc([N+](=O)[O-])cc1.Cl.Cl. The molecule has 1 heterocycles. The summed E-state index contributed by atoms with van der Waals surface area (Å²) in [5, 5.41) is 21.9. The number of hydrogen-bond donors (Lipinski definition) is 1. The summed E-state index contributed by atoms with van der Waals surface area (Å²) in [6, 6.07) is 17.8. The fourth-order valence-electron chi connectivity index (χ4n) is 2.81. The summed E-state index contributed by atoms with van der Waals surface area (Å²) in [7, 11) is 1.91. The van der Waals surface area contributed by atoms with Crippen LogP contribution < -0.4 is 4.74 Å². The van der Waals surface area contributed by atoms with Crippen LogP contribution >= 0.6 is 24.8 Å². The molecule has 1 aromatic heterocycles. The first-order valence-corrected chi connectivity index (χ1v) is 8.60. The van der Waals surface area contributed by atoms with Gasteiger partial charge in [-0.2, -0.15) is 0 Å². The molecule has 0 spiro atoms. The number of nitro groups is 1. The van der Waals surface area contributed by atoms with E-state index in [1.165, 1.54) is 24.3 Å². The molecule has 156 valence electrons. The number of halogens is 2. The number of likely N-dealkylation sites (N-methyl/N-ethyl adjacent to an activating group) is 1. The Labute approximate surface area is 181 Å². The van der Waals surface area contributed by atoms with Crippen LogP contribution in [0.2, 0.25) is 0 Å². The van der Waals surface area contributed by atoms with Gasteiger partial charge in [-0.25, -0.2) is 0 Å². The molecule has 0 saturated carbocycles. The Kier molecular flexibility index (Phi) is 9.77. The lowest BCUT2D eigenvalue weighted by Crippen LogP contribution is -2.33. The van der Waals surface area contributed by atoms with E-state index in [-0.39, 0.29) is 37.1 Å². The van der Waals surface area contributed by atoms with Crippen molar-refractivity contribution >= 4 is 41.4 Å². The summed E-state index contributed by atoms with van der Waals surface area (Å²) >= 11 is 0. The Balaban J connectivity index is 0.00000210. The molecule has 2 aromatic carbocycles. The Bertz CT molecular complexity index is 925. The van der Waals surface area contributed by atoms with E-state index in [2.05, 4.69) is 4.98 Å². The fraction of sp³-hybridized carbons (Fsp3) is 0.250. The maximum Gasteiger partial charge on any atom is 0.269 e. The summed E-state index contributed by atoms with van der Waals surface area (Å²) in [4.78, 5) is 16.8. The van der Waals surface area contributed by atoms with Gasteiger partial charge in [0.05, 0.1) is 16.1 Å². The van der Waals surface area contributed by atoms with Crippen molar-refractivity contribution in [2.24, 2.45) is 0 Å². The highest BCUT2D eigenvalue weighted by atomic mass is 35.5. The summed E-state index contributed by atoms with van der Waals surface area (Å²) < 4.78 is 5.50. The Hall–Kier alpha value is -2.45. The van der Waals surface area contributed by atoms with Crippen LogP contribution in [0.1, 0.15) is 5.69 Å². The predicted octanol–water partition coefficient (Wildman–Crippen LogP) is 3.86. The number of fused-ring (bicyclic) bond motifs is 1. The molecular formula is C20H23Cl2N3O4. The first-order valence-electron chi connectivity index (χ1n) is 8.60. The number of rotatable bonds is 8. The van der Waals surface area contributed by atoms with Crippen molar-refractivity contribution in [2.75, 3.05) is 20.2 Å². The first kappa shape index (κ1) is 24.6. The molecule has 0 aliphatic heterocycles. The molecule has 0 aliphatic rings. The molecule has 3 rings (SSSR count). The number of non-ortho nitro benzene ring substituents is 1.